The second-order valence-electron chi connectivity index (χ2n) is 4.18. The maximum Gasteiger partial charge on any atom is 0.129 e. The van der Waals surface area contributed by atoms with Gasteiger partial charge in [-0.25, -0.2) is 4.98 Å². The van der Waals surface area contributed by atoms with Gasteiger partial charge in [-0.05, 0) is 26.0 Å². The number of aromatic nitrogens is 3. The second-order valence-corrected chi connectivity index (χ2v) is 4.56. The Kier molecular flexibility index (Phi) is 2.40. The van der Waals surface area contributed by atoms with Crippen LogP contribution >= 0.6 is 11.6 Å². The molecule has 2 heterocycles. The lowest BCUT2D eigenvalue weighted by molar-refractivity contribution is 0.0580. The second kappa shape index (κ2) is 3.47. The number of hydrogen-bond donors (Lipinski definition) is 1. The van der Waals surface area contributed by atoms with Gasteiger partial charge in [-0.3, -0.25) is 4.68 Å². The van der Waals surface area contributed by atoms with Gasteiger partial charge in [0.25, 0.3) is 0 Å². The Morgan fingerprint density at radius 1 is 1.40 bits per heavy atom. The summed E-state index contributed by atoms with van der Waals surface area (Å²) in [6.45, 7) is 3.90. The molecule has 0 radical (unpaired) electrons. The van der Waals surface area contributed by atoms with E-state index < -0.39 is 5.60 Å². The lowest BCUT2D eigenvalue weighted by atomic mass is 10.1. The fraction of sp³-hybridized carbons (Fsp3) is 0.400. The molecule has 15 heavy (non-hydrogen) atoms. The van der Waals surface area contributed by atoms with E-state index in [2.05, 4.69) is 10.1 Å². The minimum Gasteiger partial charge on any atom is -0.389 e. The van der Waals surface area contributed by atoms with Crippen molar-refractivity contribution < 1.29 is 5.11 Å². The van der Waals surface area contributed by atoms with Gasteiger partial charge < -0.3 is 5.11 Å². The summed E-state index contributed by atoms with van der Waals surface area (Å²) in [4.78, 5) is 4.13. The monoisotopic (exact) mass is 225 g/mol. The van der Waals surface area contributed by atoms with Gasteiger partial charge in [-0.15, -0.1) is 0 Å². The number of rotatable bonds is 2. The first-order valence-corrected chi connectivity index (χ1v) is 5.04. The van der Waals surface area contributed by atoms with Gasteiger partial charge in [-0.2, -0.15) is 5.10 Å². The molecule has 1 N–H and O–H groups in total. The van der Waals surface area contributed by atoms with Crippen molar-refractivity contribution in [2.45, 2.75) is 26.0 Å². The van der Waals surface area contributed by atoms with Crippen molar-refractivity contribution in [1.29, 1.82) is 0 Å². The standard InChI is InChI=1S/C10H12ClN3O/c1-10(2,15)6-14-5-8-7(13-14)3-4-9(11)12-8/h3-5,15H,6H2,1-2H3. The van der Waals surface area contributed by atoms with Gasteiger partial charge in [0.05, 0.1) is 18.3 Å². The molecule has 0 aliphatic carbocycles. The summed E-state index contributed by atoms with van der Waals surface area (Å²) in [5, 5.41) is 14.4. The van der Waals surface area contributed by atoms with Crippen LogP contribution in [-0.2, 0) is 6.54 Å². The molecule has 0 atom stereocenters. The van der Waals surface area contributed by atoms with Crippen LogP contribution in [-0.4, -0.2) is 25.5 Å². The fourth-order valence-electron chi connectivity index (χ4n) is 1.41. The number of hydrogen-bond acceptors (Lipinski definition) is 3. The van der Waals surface area contributed by atoms with Crippen molar-refractivity contribution in [3.8, 4) is 0 Å². The third kappa shape index (κ3) is 2.46. The zero-order valence-corrected chi connectivity index (χ0v) is 9.36. The van der Waals surface area contributed by atoms with Gasteiger partial charge in [0.15, 0.2) is 0 Å². The van der Waals surface area contributed by atoms with Gasteiger partial charge in [0, 0.05) is 0 Å². The molecule has 0 saturated carbocycles. The normalized spacial score (nSPS) is 12.3. The maximum atomic E-state index is 9.64. The number of nitrogens with zero attached hydrogens (tertiary/aromatic N) is 3. The molecule has 2 aromatic rings. The number of pyridine rings is 1. The third-order valence-electron chi connectivity index (χ3n) is 1.92. The molecule has 0 saturated heterocycles. The van der Waals surface area contributed by atoms with E-state index in [1.54, 1.807) is 30.8 Å². The summed E-state index contributed by atoms with van der Waals surface area (Å²) in [5.41, 5.74) is 0.738. The molecule has 80 valence electrons. The van der Waals surface area contributed by atoms with Crippen molar-refractivity contribution in [2.75, 3.05) is 0 Å². The Balaban J connectivity index is 2.39. The van der Waals surface area contributed by atoms with E-state index in [0.717, 1.165) is 11.0 Å². The molecule has 0 fully saturated rings. The van der Waals surface area contributed by atoms with Crippen molar-refractivity contribution >= 4 is 22.6 Å². The van der Waals surface area contributed by atoms with Gasteiger partial charge in [-0.1, -0.05) is 11.6 Å². The highest BCUT2D eigenvalue weighted by Crippen LogP contribution is 2.15. The molecule has 5 heteroatoms. The molecule has 0 unspecified atom stereocenters. The van der Waals surface area contributed by atoms with E-state index >= 15 is 0 Å². The molecule has 0 spiro atoms. The van der Waals surface area contributed by atoms with Crippen molar-refractivity contribution in [3.63, 3.8) is 0 Å². The van der Waals surface area contributed by atoms with Crippen LogP contribution in [0.15, 0.2) is 18.3 Å². The van der Waals surface area contributed by atoms with Crippen LogP contribution < -0.4 is 0 Å². The first kappa shape index (κ1) is 10.4. The molecular weight excluding hydrogens is 214 g/mol. The molecule has 4 nitrogen and oxygen atoms in total. The summed E-state index contributed by atoms with van der Waals surface area (Å²) in [6, 6.07) is 3.51. The van der Waals surface area contributed by atoms with Crippen molar-refractivity contribution in [3.05, 3.63) is 23.5 Å². The van der Waals surface area contributed by atoms with E-state index in [9.17, 15) is 5.11 Å². The molecule has 0 amide bonds. The van der Waals surface area contributed by atoms with Gasteiger partial charge in [0.1, 0.15) is 16.2 Å². The van der Waals surface area contributed by atoms with Crippen molar-refractivity contribution in [1.82, 2.24) is 14.8 Å². The third-order valence-corrected chi connectivity index (χ3v) is 2.14. The lowest BCUT2D eigenvalue weighted by Crippen LogP contribution is -2.26. The van der Waals surface area contributed by atoms with E-state index in [1.165, 1.54) is 0 Å². The van der Waals surface area contributed by atoms with E-state index in [1.807, 2.05) is 6.07 Å². The first-order valence-electron chi connectivity index (χ1n) is 4.66. The highest BCUT2D eigenvalue weighted by molar-refractivity contribution is 6.29. The molecule has 0 bridgehead atoms. The minimum absolute atomic E-state index is 0.432. The highest BCUT2D eigenvalue weighted by Gasteiger charge is 2.14. The summed E-state index contributed by atoms with van der Waals surface area (Å²) in [5.74, 6) is 0. The van der Waals surface area contributed by atoms with E-state index in [-0.39, 0.29) is 0 Å². The van der Waals surface area contributed by atoms with Crippen LogP contribution in [0.1, 0.15) is 13.8 Å². The van der Waals surface area contributed by atoms with Crippen LogP contribution in [0.4, 0.5) is 0 Å². The maximum absolute atomic E-state index is 9.64. The number of fused-ring (bicyclic) bond motifs is 1. The van der Waals surface area contributed by atoms with Crippen LogP contribution in [0, 0.1) is 0 Å². The summed E-state index contributed by atoms with van der Waals surface area (Å²) >= 11 is 5.76. The topological polar surface area (TPSA) is 50.9 Å². The van der Waals surface area contributed by atoms with Crippen LogP contribution in [0.5, 0.6) is 0 Å². The summed E-state index contributed by atoms with van der Waals surface area (Å²) in [7, 11) is 0. The summed E-state index contributed by atoms with van der Waals surface area (Å²) in [6.07, 6.45) is 1.78. The zero-order valence-electron chi connectivity index (χ0n) is 8.61. The van der Waals surface area contributed by atoms with Gasteiger partial charge >= 0.3 is 0 Å². The average Bonchev–Trinajstić information content (AvgIpc) is 2.42. The molecule has 0 aromatic carbocycles. The fourth-order valence-corrected chi connectivity index (χ4v) is 1.56. The van der Waals surface area contributed by atoms with E-state index in [4.69, 9.17) is 11.6 Å². The van der Waals surface area contributed by atoms with Crippen LogP contribution in [0.2, 0.25) is 5.15 Å². The Morgan fingerprint density at radius 2 is 2.13 bits per heavy atom. The number of halogens is 1. The quantitative estimate of drug-likeness (QED) is 0.794. The predicted molar refractivity (Wildman–Crippen MR) is 58.8 cm³/mol. The minimum atomic E-state index is -0.786. The Hall–Kier alpha value is -1.13. The Labute approximate surface area is 92.5 Å². The Bertz CT molecular complexity index is 487. The summed E-state index contributed by atoms with van der Waals surface area (Å²) < 4.78 is 1.67. The molecule has 2 rings (SSSR count). The predicted octanol–water partition coefficient (Wildman–Crippen LogP) is 1.86. The molecular formula is C10H12ClN3O. The number of aliphatic hydroxyl groups is 1. The van der Waals surface area contributed by atoms with Crippen molar-refractivity contribution in [2.24, 2.45) is 0 Å². The Morgan fingerprint density at radius 3 is 2.80 bits per heavy atom. The smallest absolute Gasteiger partial charge is 0.129 e. The SMILES string of the molecule is CC(C)(O)Cn1cc2nc(Cl)ccc2n1. The molecule has 2 aromatic heterocycles. The molecule has 0 aliphatic heterocycles. The molecule has 0 aliphatic rings. The first-order chi connectivity index (χ1) is 6.94. The zero-order chi connectivity index (χ0) is 11.1. The van der Waals surface area contributed by atoms with Gasteiger partial charge in [0.2, 0.25) is 0 Å². The van der Waals surface area contributed by atoms with Crippen LogP contribution in [0.25, 0.3) is 11.0 Å². The van der Waals surface area contributed by atoms with Crippen LogP contribution in [0.3, 0.4) is 0 Å². The largest absolute Gasteiger partial charge is 0.389 e. The van der Waals surface area contributed by atoms with E-state index in [0.29, 0.717) is 11.7 Å². The average molecular weight is 226 g/mol. The highest BCUT2D eigenvalue weighted by atomic mass is 35.5. The lowest BCUT2D eigenvalue weighted by Gasteiger charge is -2.16.